The summed E-state index contributed by atoms with van der Waals surface area (Å²) >= 11 is 0. The van der Waals surface area contributed by atoms with Gasteiger partial charge in [-0.25, -0.2) is 4.79 Å². The molecule has 1 aromatic rings. The average molecular weight is 201 g/mol. The molecule has 15 heavy (non-hydrogen) atoms. The number of rotatable bonds is 2. The fourth-order valence-corrected chi connectivity index (χ4v) is 1.18. The van der Waals surface area contributed by atoms with Gasteiger partial charge in [0, 0.05) is 5.57 Å². The predicted octanol–water partition coefficient (Wildman–Crippen LogP) is 2.50. The van der Waals surface area contributed by atoms with E-state index in [0.717, 1.165) is 11.1 Å². The van der Waals surface area contributed by atoms with Crippen molar-refractivity contribution in [2.45, 2.75) is 13.8 Å². The third-order valence-electron chi connectivity index (χ3n) is 2.21. The van der Waals surface area contributed by atoms with Crippen LogP contribution < -0.4 is 0 Å². The lowest BCUT2D eigenvalue weighted by molar-refractivity contribution is -0.132. The predicted molar refractivity (Wildman–Crippen MR) is 56.4 cm³/mol. The number of nitrogens with zero attached hydrogens (tertiary/aromatic N) is 1. The second kappa shape index (κ2) is 4.97. The van der Waals surface area contributed by atoms with E-state index in [1.54, 1.807) is 6.92 Å². The first-order chi connectivity index (χ1) is 7.16. The molecule has 0 saturated carbocycles. The van der Waals surface area contributed by atoms with Crippen molar-refractivity contribution in [3.8, 4) is 6.26 Å². The van der Waals surface area contributed by atoms with Gasteiger partial charge >= 0.3 is 5.97 Å². The molecule has 0 N–H and O–H groups in total. The van der Waals surface area contributed by atoms with Crippen molar-refractivity contribution >= 4 is 11.5 Å². The van der Waals surface area contributed by atoms with Crippen LogP contribution in [0.15, 0.2) is 35.9 Å². The Labute approximate surface area is 88.6 Å². The zero-order valence-corrected chi connectivity index (χ0v) is 8.65. The fraction of sp³-hybridized carbons (Fsp3) is 0.167. The van der Waals surface area contributed by atoms with Crippen molar-refractivity contribution in [1.82, 2.24) is 0 Å². The summed E-state index contributed by atoms with van der Waals surface area (Å²) in [5, 5.41) is 8.22. The Kier molecular flexibility index (Phi) is 3.64. The Balaban J connectivity index is 3.02. The molecule has 0 aliphatic rings. The zero-order chi connectivity index (χ0) is 11.3. The summed E-state index contributed by atoms with van der Waals surface area (Å²) in [6.07, 6.45) is 1.37. The monoisotopic (exact) mass is 201 g/mol. The van der Waals surface area contributed by atoms with Crippen molar-refractivity contribution in [3.63, 3.8) is 0 Å². The van der Waals surface area contributed by atoms with Crippen LogP contribution in [0.2, 0.25) is 0 Å². The number of carbonyl (C=O) groups is 1. The third kappa shape index (κ3) is 2.68. The molecular weight excluding hydrogens is 190 g/mol. The highest BCUT2D eigenvalue weighted by molar-refractivity contribution is 5.97. The second-order valence-electron chi connectivity index (χ2n) is 3.10. The van der Waals surface area contributed by atoms with Crippen molar-refractivity contribution in [1.29, 1.82) is 5.26 Å². The number of hydrogen-bond acceptors (Lipinski definition) is 3. The Hall–Kier alpha value is -2.08. The molecule has 0 atom stereocenters. The van der Waals surface area contributed by atoms with E-state index in [-0.39, 0.29) is 0 Å². The molecule has 0 aliphatic heterocycles. The minimum atomic E-state index is -0.598. The first-order valence-electron chi connectivity index (χ1n) is 4.50. The summed E-state index contributed by atoms with van der Waals surface area (Å²) < 4.78 is 4.26. The third-order valence-corrected chi connectivity index (χ3v) is 2.21. The maximum Gasteiger partial charge on any atom is 0.349 e. The van der Waals surface area contributed by atoms with Crippen molar-refractivity contribution in [2.75, 3.05) is 0 Å². The first-order valence-corrected chi connectivity index (χ1v) is 4.50. The fourth-order valence-electron chi connectivity index (χ4n) is 1.18. The van der Waals surface area contributed by atoms with E-state index in [1.165, 1.54) is 6.26 Å². The molecule has 0 unspecified atom stereocenters. The number of carbonyl (C=O) groups excluding carboxylic acids is 1. The largest absolute Gasteiger partial charge is 0.349 e. The topological polar surface area (TPSA) is 50.1 Å². The lowest BCUT2D eigenvalue weighted by Crippen LogP contribution is -2.03. The highest BCUT2D eigenvalue weighted by Crippen LogP contribution is 2.18. The van der Waals surface area contributed by atoms with Gasteiger partial charge in [-0.05, 0) is 25.0 Å². The lowest BCUT2D eigenvalue weighted by Gasteiger charge is -2.04. The highest BCUT2D eigenvalue weighted by Gasteiger charge is 2.10. The number of benzene rings is 1. The van der Waals surface area contributed by atoms with Crippen molar-refractivity contribution < 1.29 is 9.53 Å². The molecule has 0 heterocycles. The Bertz CT molecular complexity index is 427. The molecule has 76 valence electrons. The Morgan fingerprint density at radius 2 is 1.87 bits per heavy atom. The molecule has 0 amide bonds. The van der Waals surface area contributed by atoms with E-state index in [2.05, 4.69) is 4.74 Å². The molecule has 0 aliphatic carbocycles. The molecule has 0 aromatic heterocycles. The van der Waals surface area contributed by atoms with Gasteiger partial charge in [0.25, 0.3) is 6.26 Å². The quantitative estimate of drug-likeness (QED) is 0.419. The van der Waals surface area contributed by atoms with Gasteiger partial charge in [-0.3, -0.25) is 0 Å². The molecule has 0 spiro atoms. The van der Waals surface area contributed by atoms with E-state index in [9.17, 15) is 4.79 Å². The van der Waals surface area contributed by atoms with E-state index >= 15 is 0 Å². The Morgan fingerprint density at radius 3 is 2.40 bits per heavy atom. The van der Waals surface area contributed by atoms with Crippen LogP contribution in [0.1, 0.15) is 19.4 Å². The Morgan fingerprint density at radius 1 is 1.27 bits per heavy atom. The molecule has 1 rings (SSSR count). The van der Waals surface area contributed by atoms with E-state index < -0.39 is 5.97 Å². The van der Waals surface area contributed by atoms with E-state index in [0.29, 0.717) is 5.57 Å². The number of hydrogen-bond donors (Lipinski definition) is 0. The van der Waals surface area contributed by atoms with E-state index in [1.807, 2.05) is 37.3 Å². The number of allylic oxidation sites excluding steroid dienone is 1. The van der Waals surface area contributed by atoms with Gasteiger partial charge in [0.1, 0.15) is 0 Å². The van der Waals surface area contributed by atoms with Gasteiger partial charge in [0.05, 0.1) is 0 Å². The van der Waals surface area contributed by atoms with Crippen LogP contribution in [0.3, 0.4) is 0 Å². The standard InChI is InChI=1S/C12H11NO2/c1-9(10(2)12(14)15-8-13)11-6-4-3-5-7-11/h3-7H,1-2H3. The van der Waals surface area contributed by atoms with Gasteiger partial charge in [-0.2, -0.15) is 0 Å². The van der Waals surface area contributed by atoms with Gasteiger partial charge in [-0.1, -0.05) is 30.3 Å². The maximum atomic E-state index is 11.3. The van der Waals surface area contributed by atoms with Crippen LogP contribution in [0.25, 0.3) is 5.57 Å². The van der Waals surface area contributed by atoms with Gasteiger partial charge < -0.3 is 4.74 Å². The summed E-state index contributed by atoms with van der Waals surface area (Å²) in [6, 6.07) is 9.49. The van der Waals surface area contributed by atoms with Crippen LogP contribution in [-0.4, -0.2) is 5.97 Å². The molecule has 0 bridgehead atoms. The zero-order valence-electron chi connectivity index (χ0n) is 8.65. The SMILES string of the molecule is CC(C(=O)OC#N)=C(C)c1ccccc1. The van der Waals surface area contributed by atoms with Gasteiger partial charge in [0.2, 0.25) is 0 Å². The first kappa shape index (κ1) is 11.0. The molecule has 0 saturated heterocycles. The second-order valence-corrected chi connectivity index (χ2v) is 3.10. The van der Waals surface area contributed by atoms with E-state index in [4.69, 9.17) is 5.26 Å². The van der Waals surface area contributed by atoms with Gasteiger partial charge in [-0.15, -0.1) is 5.26 Å². The smallest absolute Gasteiger partial charge is 0.347 e. The summed E-state index contributed by atoms with van der Waals surface area (Å²) in [5.74, 6) is -0.598. The van der Waals surface area contributed by atoms with Crippen LogP contribution in [0.5, 0.6) is 0 Å². The lowest BCUT2D eigenvalue weighted by atomic mass is 10.0. The van der Waals surface area contributed by atoms with Gasteiger partial charge in [0.15, 0.2) is 0 Å². The molecular formula is C12H11NO2. The summed E-state index contributed by atoms with van der Waals surface area (Å²) in [5.41, 5.74) is 2.21. The highest BCUT2D eigenvalue weighted by atomic mass is 16.5. The van der Waals surface area contributed by atoms with Crippen LogP contribution in [-0.2, 0) is 9.53 Å². The molecule has 3 nitrogen and oxygen atoms in total. The summed E-state index contributed by atoms with van der Waals surface area (Å²) in [6.45, 7) is 3.46. The minimum absolute atomic E-state index is 0.447. The molecule has 3 heteroatoms. The molecule has 0 fully saturated rings. The number of esters is 1. The van der Waals surface area contributed by atoms with Crippen LogP contribution in [0.4, 0.5) is 0 Å². The summed E-state index contributed by atoms with van der Waals surface area (Å²) in [4.78, 5) is 11.3. The number of ether oxygens (including phenoxy) is 1. The normalized spacial score (nSPS) is 11.3. The molecule has 0 radical (unpaired) electrons. The van der Waals surface area contributed by atoms with Crippen LogP contribution >= 0.6 is 0 Å². The number of nitriles is 1. The molecule has 1 aromatic carbocycles. The minimum Gasteiger partial charge on any atom is -0.347 e. The van der Waals surface area contributed by atoms with Crippen molar-refractivity contribution in [2.24, 2.45) is 0 Å². The van der Waals surface area contributed by atoms with Crippen LogP contribution in [0, 0.1) is 11.5 Å². The maximum absolute atomic E-state index is 11.3. The van der Waals surface area contributed by atoms with Crippen molar-refractivity contribution in [3.05, 3.63) is 41.5 Å². The average Bonchev–Trinajstić information content (AvgIpc) is 2.28. The summed E-state index contributed by atoms with van der Waals surface area (Å²) in [7, 11) is 0.